The number of ether oxygens (including phenoxy) is 1. The minimum Gasteiger partial charge on any atom is -0.463 e. The molecule has 0 saturated heterocycles. The predicted molar refractivity (Wildman–Crippen MR) is 58.2 cm³/mol. The van der Waals surface area contributed by atoms with Crippen molar-refractivity contribution in [1.29, 1.82) is 0 Å². The van der Waals surface area contributed by atoms with Gasteiger partial charge in [-0.15, -0.1) is 0 Å². The quantitative estimate of drug-likeness (QED) is 0.483. The van der Waals surface area contributed by atoms with Crippen molar-refractivity contribution in [2.75, 3.05) is 19.7 Å². The van der Waals surface area contributed by atoms with Crippen molar-refractivity contribution in [1.82, 2.24) is 4.90 Å². The van der Waals surface area contributed by atoms with E-state index in [2.05, 4.69) is 32.3 Å². The van der Waals surface area contributed by atoms with Crippen LogP contribution in [-0.4, -0.2) is 36.6 Å². The molecule has 0 unspecified atom stereocenters. The Morgan fingerprint density at radius 3 is 2.36 bits per heavy atom. The van der Waals surface area contributed by atoms with Crippen LogP contribution >= 0.6 is 0 Å². The Morgan fingerprint density at radius 2 is 2.00 bits per heavy atom. The second-order valence-electron chi connectivity index (χ2n) is 3.48. The summed E-state index contributed by atoms with van der Waals surface area (Å²) in [6, 6.07) is 0.422. The minimum absolute atomic E-state index is 0.286. The second kappa shape index (κ2) is 6.60. The maximum atomic E-state index is 11.3. The van der Waals surface area contributed by atoms with Gasteiger partial charge in [0.25, 0.3) is 0 Å². The molecular formula is C11H21NO2. The van der Waals surface area contributed by atoms with Crippen LogP contribution in [0.5, 0.6) is 0 Å². The van der Waals surface area contributed by atoms with Gasteiger partial charge in [-0.05, 0) is 27.3 Å². The number of likely N-dealkylation sites (N-methyl/N-ethyl adjacent to an activating group) is 1. The minimum atomic E-state index is -0.286. The summed E-state index contributed by atoms with van der Waals surface area (Å²) in [5, 5.41) is 0. The van der Waals surface area contributed by atoms with Gasteiger partial charge < -0.3 is 4.74 Å². The lowest BCUT2D eigenvalue weighted by atomic mass is 10.2. The molecule has 0 atom stereocenters. The van der Waals surface area contributed by atoms with Crippen molar-refractivity contribution < 1.29 is 9.53 Å². The van der Waals surface area contributed by atoms with Gasteiger partial charge >= 0.3 is 5.97 Å². The van der Waals surface area contributed by atoms with E-state index in [9.17, 15) is 4.79 Å². The zero-order chi connectivity index (χ0) is 11.1. The van der Waals surface area contributed by atoms with Gasteiger partial charge in [0.15, 0.2) is 0 Å². The van der Waals surface area contributed by atoms with E-state index >= 15 is 0 Å². The predicted octanol–water partition coefficient (Wildman–Crippen LogP) is 1.84. The Kier molecular flexibility index (Phi) is 6.21. The molecule has 3 nitrogen and oxygen atoms in total. The molecule has 0 heterocycles. The average Bonchev–Trinajstić information content (AvgIpc) is 2.13. The third-order valence-electron chi connectivity index (χ3n) is 2.09. The van der Waals surface area contributed by atoms with Gasteiger partial charge in [-0.3, -0.25) is 4.90 Å². The van der Waals surface area contributed by atoms with Crippen molar-refractivity contribution in [2.45, 2.75) is 33.7 Å². The van der Waals surface area contributed by atoms with Crippen molar-refractivity contribution >= 4 is 5.97 Å². The van der Waals surface area contributed by atoms with Crippen LogP contribution in [0.25, 0.3) is 0 Å². The summed E-state index contributed by atoms with van der Waals surface area (Å²) in [5.41, 5.74) is 0.530. The van der Waals surface area contributed by atoms with Crippen LogP contribution in [0, 0.1) is 0 Å². The summed E-state index contributed by atoms with van der Waals surface area (Å²) in [5.74, 6) is -0.286. The van der Waals surface area contributed by atoms with Gasteiger partial charge in [-0.2, -0.15) is 0 Å². The molecule has 0 aliphatic carbocycles. The Balaban J connectivity index is 4.08. The highest BCUT2D eigenvalue weighted by molar-refractivity contribution is 5.88. The smallest absolute Gasteiger partial charge is 0.334 e. The van der Waals surface area contributed by atoms with E-state index in [0.717, 1.165) is 6.54 Å². The zero-order valence-corrected chi connectivity index (χ0v) is 9.67. The fourth-order valence-electron chi connectivity index (χ4n) is 1.20. The highest BCUT2D eigenvalue weighted by Crippen LogP contribution is 2.03. The van der Waals surface area contributed by atoms with Crippen LogP contribution in [0.1, 0.15) is 27.7 Å². The normalized spacial score (nSPS) is 10.7. The number of nitrogens with zero attached hydrogens (tertiary/aromatic N) is 1. The first kappa shape index (κ1) is 13.2. The van der Waals surface area contributed by atoms with Crippen molar-refractivity contribution in [3.05, 3.63) is 12.2 Å². The highest BCUT2D eigenvalue weighted by Gasteiger charge is 2.13. The van der Waals surface area contributed by atoms with Crippen molar-refractivity contribution in [3.63, 3.8) is 0 Å². The third-order valence-corrected chi connectivity index (χ3v) is 2.09. The lowest BCUT2D eigenvalue weighted by Crippen LogP contribution is -2.34. The molecule has 0 aromatic carbocycles. The topological polar surface area (TPSA) is 29.5 Å². The van der Waals surface area contributed by atoms with E-state index in [1.807, 2.05) is 0 Å². The monoisotopic (exact) mass is 199 g/mol. The highest BCUT2D eigenvalue weighted by atomic mass is 16.5. The summed E-state index contributed by atoms with van der Waals surface area (Å²) < 4.78 is 4.86. The first-order valence-corrected chi connectivity index (χ1v) is 5.11. The fourth-order valence-corrected chi connectivity index (χ4v) is 1.20. The summed E-state index contributed by atoms with van der Waals surface area (Å²) in [6.07, 6.45) is 0. The molecule has 0 saturated carbocycles. The Morgan fingerprint density at radius 1 is 1.43 bits per heavy atom. The molecule has 0 aromatic rings. The molecule has 0 N–H and O–H groups in total. The Labute approximate surface area is 86.7 Å². The Hall–Kier alpha value is -0.830. The van der Waals surface area contributed by atoms with E-state index in [1.165, 1.54) is 0 Å². The molecule has 0 bridgehead atoms. The van der Waals surface area contributed by atoms with Gasteiger partial charge in [0.05, 0.1) is 6.61 Å². The first-order chi connectivity index (χ1) is 6.52. The van der Waals surface area contributed by atoms with E-state index in [-0.39, 0.29) is 5.97 Å². The molecule has 0 aliphatic heterocycles. The van der Waals surface area contributed by atoms with E-state index in [1.54, 1.807) is 6.92 Å². The maximum absolute atomic E-state index is 11.3. The number of hydrogen-bond acceptors (Lipinski definition) is 3. The molecule has 0 aliphatic rings. The Bertz CT molecular complexity index is 199. The van der Waals surface area contributed by atoms with Gasteiger partial charge in [0.1, 0.15) is 0 Å². The molecule has 0 amide bonds. The first-order valence-electron chi connectivity index (χ1n) is 5.11. The third kappa shape index (κ3) is 4.42. The van der Waals surface area contributed by atoms with E-state index in [4.69, 9.17) is 4.74 Å². The van der Waals surface area contributed by atoms with E-state index in [0.29, 0.717) is 24.8 Å². The zero-order valence-electron chi connectivity index (χ0n) is 9.67. The maximum Gasteiger partial charge on any atom is 0.334 e. The number of carbonyl (C=O) groups is 1. The fraction of sp³-hybridized carbons (Fsp3) is 0.727. The molecule has 0 radical (unpaired) electrons. The molecule has 0 rings (SSSR count). The SMILES string of the molecule is C=C(CN(CC)C(C)C)C(=O)OCC. The van der Waals surface area contributed by atoms with Crippen LogP contribution in [0.3, 0.4) is 0 Å². The lowest BCUT2D eigenvalue weighted by molar-refractivity contribution is -0.138. The molecule has 0 spiro atoms. The summed E-state index contributed by atoms with van der Waals surface area (Å²) >= 11 is 0. The lowest BCUT2D eigenvalue weighted by Gasteiger charge is -2.24. The number of rotatable bonds is 6. The van der Waals surface area contributed by atoms with Gasteiger partial charge in [-0.1, -0.05) is 13.5 Å². The van der Waals surface area contributed by atoms with Crippen LogP contribution in [0.4, 0.5) is 0 Å². The summed E-state index contributed by atoms with van der Waals surface area (Å²) in [4.78, 5) is 13.4. The molecule has 82 valence electrons. The van der Waals surface area contributed by atoms with Crippen LogP contribution in [-0.2, 0) is 9.53 Å². The van der Waals surface area contributed by atoms with Gasteiger partial charge in [0.2, 0.25) is 0 Å². The molecular weight excluding hydrogens is 178 g/mol. The number of carbonyl (C=O) groups excluding carboxylic acids is 1. The van der Waals surface area contributed by atoms with Crippen molar-refractivity contribution in [2.24, 2.45) is 0 Å². The molecule has 0 aromatic heterocycles. The van der Waals surface area contributed by atoms with Gasteiger partial charge in [-0.25, -0.2) is 4.79 Å². The largest absolute Gasteiger partial charge is 0.463 e. The van der Waals surface area contributed by atoms with Gasteiger partial charge in [0, 0.05) is 18.2 Å². The van der Waals surface area contributed by atoms with E-state index < -0.39 is 0 Å². The molecule has 14 heavy (non-hydrogen) atoms. The standard InChI is InChI=1S/C11H21NO2/c1-6-12(9(3)4)8-10(5)11(13)14-7-2/h9H,5-8H2,1-4H3. The molecule has 0 fully saturated rings. The molecule has 3 heteroatoms. The summed E-state index contributed by atoms with van der Waals surface area (Å²) in [7, 11) is 0. The van der Waals surface area contributed by atoms with Crippen molar-refractivity contribution in [3.8, 4) is 0 Å². The number of hydrogen-bond donors (Lipinski definition) is 0. The van der Waals surface area contributed by atoms with Crippen LogP contribution < -0.4 is 0 Å². The van der Waals surface area contributed by atoms with Crippen LogP contribution in [0.2, 0.25) is 0 Å². The number of esters is 1. The summed E-state index contributed by atoms with van der Waals surface area (Å²) in [6.45, 7) is 13.7. The van der Waals surface area contributed by atoms with Crippen LogP contribution in [0.15, 0.2) is 12.2 Å². The second-order valence-corrected chi connectivity index (χ2v) is 3.48. The average molecular weight is 199 g/mol.